The first-order chi connectivity index (χ1) is 5.72. The van der Waals surface area contributed by atoms with E-state index in [1.54, 1.807) is 4.90 Å². The summed E-state index contributed by atoms with van der Waals surface area (Å²) in [6.07, 6.45) is -0.224. The molecule has 12 heavy (non-hydrogen) atoms. The molecule has 0 bridgehead atoms. The second kappa shape index (κ2) is 4.39. The lowest BCUT2D eigenvalue weighted by Crippen LogP contribution is -2.45. The number of ether oxygens (including phenoxy) is 1. The van der Waals surface area contributed by atoms with Crippen LogP contribution in [0.2, 0.25) is 0 Å². The number of carboxylic acids is 1. The first-order valence-electron chi connectivity index (χ1n) is 3.89. The first-order valence-corrected chi connectivity index (χ1v) is 3.89. The van der Waals surface area contributed by atoms with Crippen LogP contribution in [0.4, 0.5) is 0 Å². The van der Waals surface area contributed by atoms with Gasteiger partial charge in [0.1, 0.15) is 0 Å². The van der Waals surface area contributed by atoms with E-state index in [2.05, 4.69) is 0 Å². The third-order valence-electron chi connectivity index (χ3n) is 1.79. The van der Waals surface area contributed by atoms with Crippen molar-refractivity contribution in [1.82, 2.24) is 4.90 Å². The van der Waals surface area contributed by atoms with E-state index in [1.165, 1.54) is 0 Å². The van der Waals surface area contributed by atoms with E-state index < -0.39 is 5.97 Å². The quantitative estimate of drug-likeness (QED) is 0.561. The van der Waals surface area contributed by atoms with Crippen LogP contribution in [0.1, 0.15) is 0 Å². The highest BCUT2D eigenvalue weighted by Crippen LogP contribution is 2.03. The van der Waals surface area contributed by atoms with Gasteiger partial charge in [-0.1, -0.05) is 0 Å². The smallest absolute Gasteiger partial charge is 0.317 e. The van der Waals surface area contributed by atoms with Gasteiger partial charge in [0.25, 0.3) is 0 Å². The number of hydrogen-bond acceptors (Lipinski definition) is 4. The minimum absolute atomic E-state index is 0.0276. The molecular weight excluding hydrogens is 162 g/mol. The Bertz CT molecular complexity index is 161. The number of hydrogen-bond donors (Lipinski definition) is 2. The summed E-state index contributed by atoms with van der Waals surface area (Å²) in [5, 5.41) is 17.2. The van der Waals surface area contributed by atoms with Crippen LogP contribution < -0.4 is 0 Å². The van der Waals surface area contributed by atoms with Crippen molar-refractivity contribution in [2.24, 2.45) is 0 Å². The fourth-order valence-corrected chi connectivity index (χ4v) is 1.23. The highest BCUT2D eigenvalue weighted by atomic mass is 16.5. The van der Waals surface area contributed by atoms with Gasteiger partial charge in [-0.15, -0.1) is 0 Å². The molecular formula is C7H13NO4. The van der Waals surface area contributed by atoms with Crippen molar-refractivity contribution in [3.8, 4) is 0 Å². The Kier molecular flexibility index (Phi) is 3.46. The van der Waals surface area contributed by atoms with Crippen molar-refractivity contribution >= 4 is 5.97 Å². The Hall–Kier alpha value is -0.650. The van der Waals surface area contributed by atoms with Gasteiger partial charge in [-0.05, 0) is 0 Å². The summed E-state index contributed by atoms with van der Waals surface area (Å²) in [6, 6.07) is 0. The highest BCUT2D eigenvalue weighted by Gasteiger charge is 2.20. The van der Waals surface area contributed by atoms with Crippen LogP contribution >= 0.6 is 0 Å². The highest BCUT2D eigenvalue weighted by molar-refractivity contribution is 5.69. The van der Waals surface area contributed by atoms with Gasteiger partial charge in [0.05, 0.1) is 25.9 Å². The lowest BCUT2D eigenvalue weighted by atomic mass is 10.3. The summed E-state index contributed by atoms with van der Waals surface area (Å²) in [6.45, 7) is 1.61. The lowest BCUT2D eigenvalue weighted by Gasteiger charge is -2.30. The van der Waals surface area contributed by atoms with Crippen LogP contribution in [0.15, 0.2) is 0 Å². The zero-order valence-electron chi connectivity index (χ0n) is 6.77. The monoisotopic (exact) mass is 175 g/mol. The third kappa shape index (κ3) is 2.77. The molecule has 5 nitrogen and oxygen atoms in total. The largest absolute Gasteiger partial charge is 0.480 e. The van der Waals surface area contributed by atoms with Crippen molar-refractivity contribution in [3.63, 3.8) is 0 Å². The van der Waals surface area contributed by atoms with Crippen molar-refractivity contribution < 1.29 is 19.7 Å². The molecule has 1 aliphatic heterocycles. The molecule has 0 saturated carbocycles. The van der Waals surface area contributed by atoms with Crippen LogP contribution in [0.25, 0.3) is 0 Å². The van der Waals surface area contributed by atoms with Gasteiger partial charge in [0, 0.05) is 13.1 Å². The molecule has 70 valence electrons. The lowest BCUT2D eigenvalue weighted by molar-refractivity contribution is -0.140. The predicted molar refractivity (Wildman–Crippen MR) is 40.9 cm³/mol. The molecule has 0 aromatic rings. The maximum atomic E-state index is 10.3. The average molecular weight is 175 g/mol. The van der Waals surface area contributed by atoms with E-state index in [0.29, 0.717) is 19.7 Å². The SMILES string of the molecule is O=C(O)CN1CCO[C@@H](CO)C1. The second-order valence-corrected chi connectivity index (χ2v) is 2.80. The predicted octanol–water partition coefficient (Wildman–Crippen LogP) is -1.24. The molecule has 0 aliphatic carbocycles. The van der Waals surface area contributed by atoms with Gasteiger partial charge in [0.15, 0.2) is 0 Å². The fraction of sp³-hybridized carbons (Fsp3) is 0.857. The number of carboxylic acid groups (broad SMARTS) is 1. The first kappa shape index (κ1) is 9.44. The summed E-state index contributed by atoms with van der Waals surface area (Å²) < 4.78 is 5.15. The number of aliphatic hydroxyl groups is 1. The van der Waals surface area contributed by atoms with E-state index in [4.69, 9.17) is 14.9 Å². The van der Waals surface area contributed by atoms with Gasteiger partial charge in [-0.2, -0.15) is 0 Å². The number of carbonyl (C=O) groups is 1. The molecule has 5 heteroatoms. The van der Waals surface area contributed by atoms with Crippen molar-refractivity contribution in [1.29, 1.82) is 0 Å². The summed E-state index contributed by atoms with van der Waals surface area (Å²) in [5.41, 5.74) is 0. The standard InChI is InChI=1S/C7H13NO4/c9-5-6-3-8(1-2-12-6)4-7(10)11/h6,9H,1-5H2,(H,10,11)/t6-/m1/s1. The molecule has 0 aromatic heterocycles. The van der Waals surface area contributed by atoms with Crippen molar-refractivity contribution in [3.05, 3.63) is 0 Å². The van der Waals surface area contributed by atoms with Gasteiger partial charge in [-0.3, -0.25) is 9.69 Å². The topological polar surface area (TPSA) is 70.0 Å². The van der Waals surface area contributed by atoms with Crippen LogP contribution in [-0.2, 0) is 9.53 Å². The number of aliphatic hydroxyl groups excluding tert-OH is 1. The van der Waals surface area contributed by atoms with Crippen LogP contribution in [0.3, 0.4) is 0 Å². The third-order valence-corrected chi connectivity index (χ3v) is 1.79. The number of rotatable bonds is 3. The normalized spacial score (nSPS) is 25.6. The number of nitrogens with zero attached hydrogens (tertiary/aromatic N) is 1. The maximum Gasteiger partial charge on any atom is 0.317 e. The fourth-order valence-electron chi connectivity index (χ4n) is 1.23. The minimum Gasteiger partial charge on any atom is -0.480 e. The Morgan fingerprint density at radius 3 is 3.00 bits per heavy atom. The van der Waals surface area contributed by atoms with Crippen molar-refractivity contribution in [2.75, 3.05) is 32.8 Å². The van der Waals surface area contributed by atoms with E-state index in [9.17, 15) is 4.79 Å². The molecule has 0 spiro atoms. The molecule has 1 atom stereocenters. The molecule has 0 aromatic carbocycles. The van der Waals surface area contributed by atoms with E-state index >= 15 is 0 Å². The summed E-state index contributed by atoms with van der Waals surface area (Å²) in [5.74, 6) is -0.839. The van der Waals surface area contributed by atoms with Crippen LogP contribution in [-0.4, -0.2) is 60.0 Å². The summed E-state index contributed by atoms with van der Waals surface area (Å²) in [7, 11) is 0. The van der Waals surface area contributed by atoms with E-state index in [0.717, 1.165) is 0 Å². The number of morpholine rings is 1. The molecule has 1 saturated heterocycles. The molecule has 1 heterocycles. The minimum atomic E-state index is -0.839. The van der Waals surface area contributed by atoms with E-state index in [-0.39, 0.29) is 19.3 Å². The van der Waals surface area contributed by atoms with Crippen LogP contribution in [0.5, 0.6) is 0 Å². The van der Waals surface area contributed by atoms with Gasteiger partial charge in [0.2, 0.25) is 0 Å². The Balaban J connectivity index is 2.30. The Morgan fingerprint density at radius 2 is 2.42 bits per heavy atom. The zero-order valence-corrected chi connectivity index (χ0v) is 6.77. The molecule has 1 rings (SSSR count). The maximum absolute atomic E-state index is 10.3. The molecule has 1 fully saturated rings. The molecule has 1 aliphatic rings. The van der Waals surface area contributed by atoms with Crippen molar-refractivity contribution in [2.45, 2.75) is 6.10 Å². The zero-order chi connectivity index (χ0) is 8.97. The summed E-state index contributed by atoms with van der Waals surface area (Å²) in [4.78, 5) is 12.1. The van der Waals surface area contributed by atoms with E-state index in [1.807, 2.05) is 0 Å². The molecule has 2 N–H and O–H groups in total. The molecule has 0 unspecified atom stereocenters. The molecule has 0 radical (unpaired) electrons. The number of aliphatic carboxylic acids is 1. The average Bonchev–Trinajstić information content (AvgIpc) is 2.03. The van der Waals surface area contributed by atoms with Crippen LogP contribution in [0, 0.1) is 0 Å². The van der Waals surface area contributed by atoms with Gasteiger partial charge < -0.3 is 14.9 Å². The van der Waals surface area contributed by atoms with Gasteiger partial charge >= 0.3 is 5.97 Å². The Labute approximate surface area is 70.5 Å². The van der Waals surface area contributed by atoms with Gasteiger partial charge in [-0.25, -0.2) is 0 Å². The summed E-state index contributed by atoms with van der Waals surface area (Å²) >= 11 is 0. The Morgan fingerprint density at radius 1 is 1.67 bits per heavy atom. The second-order valence-electron chi connectivity index (χ2n) is 2.80. The molecule has 0 amide bonds.